The average Bonchev–Trinajstić information content (AvgIpc) is 3.03. The molecule has 1 aromatic heterocycles. The van der Waals surface area contributed by atoms with Crippen LogP contribution in [0.25, 0.3) is 0 Å². The number of nitrogens with zero attached hydrogens (tertiary/aromatic N) is 2. The lowest BCUT2D eigenvalue weighted by Gasteiger charge is -2.33. The van der Waals surface area contributed by atoms with E-state index in [0.29, 0.717) is 12.2 Å². The fraction of sp³-hybridized carbons (Fsp3) is 0.733. The second-order valence-electron chi connectivity index (χ2n) is 6.17. The summed E-state index contributed by atoms with van der Waals surface area (Å²) in [6.45, 7) is 0.642. The molecule has 1 aliphatic heterocycles. The molecule has 1 aromatic rings. The average molecular weight is 293 g/mol. The van der Waals surface area contributed by atoms with Crippen molar-refractivity contribution < 1.29 is 14.3 Å². The molecule has 0 radical (unpaired) electrons. The molecule has 1 saturated heterocycles. The monoisotopic (exact) mass is 293 g/mol. The van der Waals surface area contributed by atoms with Gasteiger partial charge in [-0.1, -0.05) is 19.3 Å². The Morgan fingerprint density at radius 3 is 2.95 bits per heavy atom. The van der Waals surface area contributed by atoms with Gasteiger partial charge < -0.3 is 15.2 Å². The number of methoxy groups -OCH3 is 1. The van der Waals surface area contributed by atoms with Crippen LogP contribution in [0, 0.1) is 0 Å². The fourth-order valence-corrected chi connectivity index (χ4v) is 3.58. The van der Waals surface area contributed by atoms with E-state index in [-0.39, 0.29) is 17.4 Å². The number of nitrogens with two attached hydrogens (primary N) is 1. The number of nitrogen functional groups attached to an aromatic ring is 1. The number of carbonyl (C=O) groups is 1. The minimum absolute atomic E-state index is 0.104. The van der Waals surface area contributed by atoms with Gasteiger partial charge in [-0.05, 0) is 25.7 Å². The maximum absolute atomic E-state index is 11.5. The van der Waals surface area contributed by atoms with E-state index in [1.54, 1.807) is 10.9 Å². The molecule has 2 heterocycles. The maximum Gasteiger partial charge on any atom is 0.360 e. The Morgan fingerprint density at radius 1 is 1.48 bits per heavy atom. The quantitative estimate of drug-likeness (QED) is 0.864. The van der Waals surface area contributed by atoms with Crippen molar-refractivity contribution in [2.45, 2.75) is 63.2 Å². The molecule has 1 saturated carbocycles. The van der Waals surface area contributed by atoms with Gasteiger partial charge in [-0.15, -0.1) is 0 Å². The molecule has 2 fully saturated rings. The summed E-state index contributed by atoms with van der Waals surface area (Å²) in [5.41, 5.74) is 6.44. The molecule has 3 rings (SSSR count). The topological polar surface area (TPSA) is 79.4 Å². The highest BCUT2D eigenvalue weighted by molar-refractivity contribution is 5.92. The molecule has 0 amide bonds. The van der Waals surface area contributed by atoms with E-state index in [1.807, 2.05) is 0 Å². The van der Waals surface area contributed by atoms with Crippen LogP contribution in [-0.4, -0.2) is 34.6 Å². The van der Waals surface area contributed by atoms with Gasteiger partial charge >= 0.3 is 5.97 Å². The molecule has 0 aromatic carbocycles. The Bertz CT molecular complexity index is 520. The van der Waals surface area contributed by atoms with Crippen molar-refractivity contribution in [1.82, 2.24) is 9.78 Å². The molecule has 1 atom stereocenters. The minimum Gasteiger partial charge on any atom is -0.464 e. The number of aromatic nitrogens is 2. The van der Waals surface area contributed by atoms with Crippen LogP contribution in [-0.2, 0) is 16.0 Å². The van der Waals surface area contributed by atoms with Crippen LogP contribution in [0.4, 0.5) is 5.69 Å². The van der Waals surface area contributed by atoms with Crippen LogP contribution in [0.2, 0.25) is 0 Å². The van der Waals surface area contributed by atoms with E-state index in [0.717, 1.165) is 12.8 Å². The van der Waals surface area contributed by atoms with Crippen LogP contribution in [0.1, 0.15) is 55.4 Å². The fourth-order valence-electron chi connectivity index (χ4n) is 3.58. The van der Waals surface area contributed by atoms with Gasteiger partial charge in [0.05, 0.1) is 31.0 Å². The van der Waals surface area contributed by atoms with Gasteiger partial charge in [-0.3, -0.25) is 4.68 Å². The molecule has 0 bridgehead atoms. The SMILES string of the molecule is COC(=O)c1nn(CC2CCC3(CCCCC3)O2)cc1N. The van der Waals surface area contributed by atoms with Gasteiger partial charge in [0.2, 0.25) is 0 Å². The Labute approximate surface area is 124 Å². The molecule has 21 heavy (non-hydrogen) atoms. The second-order valence-corrected chi connectivity index (χ2v) is 6.17. The van der Waals surface area contributed by atoms with Crippen molar-refractivity contribution in [1.29, 1.82) is 0 Å². The smallest absolute Gasteiger partial charge is 0.360 e. The number of hydrogen-bond acceptors (Lipinski definition) is 5. The number of carbonyl (C=O) groups excluding carboxylic acids is 1. The minimum atomic E-state index is -0.498. The van der Waals surface area contributed by atoms with E-state index >= 15 is 0 Å². The van der Waals surface area contributed by atoms with Crippen LogP contribution < -0.4 is 5.73 Å². The third-order valence-electron chi connectivity index (χ3n) is 4.66. The van der Waals surface area contributed by atoms with Gasteiger partial charge in [0.1, 0.15) is 0 Å². The van der Waals surface area contributed by atoms with Crippen molar-refractivity contribution in [3.63, 3.8) is 0 Å². The molecule has 1 unspecified atom stereocenters. The summed E-state index contributed by atoms with van der Waals surface area (Å²) in [4.78, 5) is 11.5. The predicted octanol–water partition coefficient (Wildman–Crippen LogP) is 2.13. The van der Waals surface area contributed by atoms with Crippen LogP contribution in [0.5, 0.6) is 0 Å². The molecule has 6 heteroatoms. The van der Waals surface area contributed by atoms with E-state index in [9.17, 15) is 4.79 Å². The van der Waals surface area contributed by atoms with Crippen LogP contribution in [0.3, 0.4) is 0 Å². The summed E-state index contributed by atoms with van der Waals surface area (Å²) in [6, 6.07) is 0. The summed E-state index contributed by atoms with van der Waals surface area (Å²) >= 11 is 0. The molecular formula is C15H23N3O3. The summed E-state index contributed by atoms with van der Waals surface area (Å²) in [6.07, 6.45) is 10.3. The van der Waals surface area contributed by atoms with Crippen LogP contribution >= 0.6 is 0 Å². The lowest BCUT2D eigenvalue weighted by atomic mass is 9.83. The molecule has 116 valence electrons. The van der Waals surface area contributed by atoms with Gasteiger partial charge in [0, 0.05) is 6.20 Å². The van der Waals surface area contributed by atoms with Crippen molar-refractivity contribution in [3.8, 4) is 0 Å². The number of ether oxygens (including phenoxy) is 2. The van der Waals surface area contributed by atoms with E-state index < -0.39 is 5.97 Å². The van der Waals surface area contributed by atoms with Crippen molar-refractivity contribution in [2.75, 3.05) is 12.8 Å². The molecular weight excluding hydrogens is 270 g/mol. The van der Waals surface area contributed by atoms with Crippen LogP contribution in [0.15, 0.2) is 6.20 Å². The first kappa shape index (κ1) is 14.4. The third-order valence-corrected chi connectivity index (χ3v) is 4.66. The zero-order valence-electron chi connectivity index (χ0n) is 12.5. The largest absolute Gasteiger partial charge is 0.464 e. The first-order valence-electron chi connectivity index (χ1n) is 7.71. The highest BCUT2D eigenvalue weighted by Gasteiger charge is 2.40. The lowest BCUT2D eigenvalue weighted by Crippen LogP contribution is -2.32. The normalized spacial score (nSPS) is 24.3. The van der Waals surface area contributed by atoms with Gasteiger partial charge in [-0.25, -0.2) is 4.79 Å². The van der Waals surface area contributed by atoms with Gasteiger partial charge in [-0.2, -0.15) is 5.10 Å². The summed E-state index contributed by atoms with van der Waals surface area (Å²) in [7, 11) is 1.33. The van der Waals surface area contributed by atoms with E-state index in [4.69, 9.17) is 10.5 Å². The van der Waals surface area contributed by atoms with Crippen molar-refractivity contribution in [2.24, 2.45) is 0 Å². The molecule has 2 N–H and O–H groups in total. The van der Waals surface area contributed by atoms with Gasteiger partial charge in [0.25, 0.3) is 0 Å². The first-order valence-corrected chi connectivity index (χ1v) is 7.71. The van der Waals surface area contributed by atoms with E-state index in [2.05, 4.69) is 9.84 Å². The van der Waals surface area contributed by atoms with E-state index in [1.165, 1.54) is 39.2 Å². The Morgan fingerprint density at radius 2 is 2.24 bits per heavy atom. The zero-order valence-corrected chi connectivity index (χ0v) is 12.5. The lowest BCUT2D eigenvalue weighted by molar-refractivity contribution is -0.0688. The summed E-state index contributed by atoms with van der Waals surface area (Å²) in [5, 5.41) is 4.21. The standard InChI is InChI=1S/C15H23N3O3/c1-20-14(19)13-12(16)10-18(17-13)9-11-5-8-15(21-11)6-3-2-4-7-15/h10-11H,2-9,16H2,1H3. The van der Waals surface area contributed by atoms with Gasteiger partial charge in [0.15, 0.2) is 5.69 Å². The number of esters is 1. The maximum atomic E-state index is 11.5. The summed E-state index contributed by atoms with van der Waals surface area (Å²) < 4.78 is 12.7. The summed E-state index contributed by atoms with van der Waals surface area (Å²) in [5.74, 6) is -0.498. The highest BCUT2D eigenvalue weighted by Crippen LogP contribution is 2.42. The molecule has 6 nitrogen and oxygen atoms in total. The molecule has 2 aliphatic rings. The number of hydrogen-bond donors (Lipinski definition) is 1. The second kappa shape index (κ2) is 5.67. The molecule has 1 spiro atoms. The highest BCUT2D eigenvalue weighted by atomic mass is 16.5. The predicted molar refractivity (Wildman–Crippen MR) is 77.9 cm³/mol. The Kier molecular flexibility index (Phi) is 3.89. The zero-order chi connectivity index (χ0) is 14.9. The molecule has 1 aliphatic carbocycles. The third kappa shape index (κ3) is 2.90. The number of anilines is 1. The Balaban J connectivity index is 1.64. The van der Waals surface area contributed by atoms with Crippen molar-refractivity contribution >= 4 is 11.7 Å². The first-order chi connectivity index (χ1) is 10.1. The van der Waals surface area contributed by atoms with Crippen molar-refractivity contribution in [3.05, 3.63) is 11.9 Å². The number of rotatable bonds is 3. The Hall–Kier alpha value is -1.56.